The Bertz CT molecular complexity index is 701. The largest absolute Gasteiger partial charge is 0.205 e. The number of hydrogen-bond acceptors (Lipinski definition) is 0. The molecule has 0 spiro atoms. The lowest BCUT2D eigenvalue weighted by molar-refractivity contribution is -0.698. The lowest BCUT2D eigenvalue weighted by atomic mass is 10.0. The molecule has 0 N–H and O–H groups in total. The van der Waals surface area contributed by atoms with E-state index in [2.05, 4.69) is 43.8 Å². The summed E-state index contributed by atoms with van der Waals surface area (Å²) in [7, 11) is 0. The van der Waals surface area contributed by atoms with Crippen molar-refractivity contribution in [3.05, 3.63) is 29.6 Å². The topological polar surface area (TPSA) is 3.88 Å². The molecule has 282 valence electrons. The van der Waals surface area contributed by atoms with Gasteiger partial charge in [-0.05, 0) is 38.2 Å². The molecule has 48 heavy (non-hydrogen) atoms. The van der Waals surface area contributed by atoms with Crippen LogP contribution in [0.15, 0.2) is 18.5 Å². The molecule has 0 aliphatic heterocycles. The van der Waals surface area contributed by atoms with Gasteiger partial charge in [0.25, 0.3) is 0 Å². The number of hydrogen-bond donors (Lipinski definition) is 0. The van der Waals surface area contributed by atoms with Gasteiger partial charge >= 0.3 is 0 Å². The van der Waals surface area contributed by atoms with Gasteiger partial charge < -0.3 is 0 Å². The summed E-state index contributed by atoms with van der Waals surface area (Å²) in [5.74, 6) is 0. The third-order valence-electron chi connectivity index (χ3n) is 10.9. The summed E-state index contributed by atoms with van der Waals surface area (Å²) in [4.78, 5) is 0. The normalized spacial score (nSPS) is 11.6. The SMILES string of the molecule is CCCCCCCCCCCCCCCCCc1cc(CCCCCCCCCCCCCCCCC)c[n+](CCCCCCCC)c1. The summed E-state index contributed by atoms with van der Waals surface area (Å²) in [5.41, 5.74) is 3.21. The maximum absolute atomic E-state index is 2.57. The maximum Gasteiger partial charge on any atom is 0.171 e. The van der Waals surface area contributed by atoms with E-state index in [4.69, 9.17) is 0 Å². The number of aryl methyl sites for hydroxylation is 3. The van der Waals surface area contributed by atoms with Crippen molar-refractivity contribution in [3.8, 4) is 0 Å². The number of aromatic nitrogens is 1. The molecule has 0 saturated heterocycles. The van der Waals surface area contributed by atoms with Crippen molar-refractivity contribution >= 4 is 0 Å². The number of pyridine rings is 1. The molecule has 0 bridgehead atoms. The Morgan fingerprint density at radius 1 is 0.292 bits per heavy atom. The van der Waals surface area contributed by atoms with Gasteiger partial charge in [-0.15, -0.1) is 0 Å². The van der Waals surface area contributed by atoms with Crippen molar-refractivity contribution in [2.75, 3.05) is 0 Å². The highest BCUT2D eigenvalue weighted by molar-refractivity contribution is 5.15. The molecule has 0 aliphatic carbocycles. The van der Waals surface area contributed by atoms with Crippen LogP contribution in [0.25, 0.3) is 0 Å². The van der Waals surface area contributed by atoms with Gasteiger partial charge in [0.05, 0.1) is 0 Å². The van der Waals surface area contributed by atoms with E-state index in [-0.39, 0.29) is 0 Å². The van der Waals surface area contributed by atoms with Crippen molar-refractivity contribution in [2.24, 2.45) is 0 Å². The molecule has 0 aromatic carbocycles. The predicted molar refractivity (Wildman–Crippen MR) is 217 cm³/mol. The molecule has 1 nitrogen and oxygen atoms in total. The van der Waals surface area contributed by atoms with Crippen molar-refractivity contribution in [1.82, 2.24) is 0 Å². The lowest BCUT2D eigenvalue weighted by Crippen LogP contribution is -2.34. The van der Waals surface area contributed by atoms with E-state index in [1.54, 1.807) is 11.1 Å². The smallest absolute Gasteiger partial charge is 0.171 e. The highest BCUT2D eigenvalue weighted by Gasteiger charge is 2.09. The molecule has 0 amide bonds. The van der Waals surface area contributed by atoms with Crippen molar-refractivity contribution in [1.29, 1.82) is 0 Å². The fraction of sp³-hybridized carbons (Fsp3) is 0.894. The number of rotatable bonds is 39. The molecular formula is C47H90N+. The molecule has 0 atom stereocenters. The number of nitrogens with zero attached hydrogens (tertiary/aromatic N) is 1. The zero-order valence-electron chi connectivity index (χ0n) is 33.8. The third kappa shape index (κ3) is 31.2. The van der Waals surface area contributed by atoms with Gasteiger partial charge in [-0.25, -0.2) is 4.57 Å². The Hall–Kier alpha value is -0.850. The summed E-state index contributed by atoms with van der Waals surface area (Å²) < 4.78 is 2.57. The van der Waals surface area contributed by atoms with E-state index in [0.29, 0.717) is 0 Å². The fourth-order valence-electron chi connectivity index (χ4n) is 7.65. The molecule has 1 heteroatoms. The Labute approximate surface area is 304 Å². The Kier molecular flexibility index (Phi) is 35.2. The van der Waals surface area contributed by atoms with Gasteiger partial charge in [0.2, 0.25) is 0 Å². The highest BCUT2D eigenvalue weighted by atomic mass is 14.9. The summed E-state index contributed by atoms with van der Waals surface area (Å²) in [6, 6.07) is 2.57. The fourth-order valence-corrected chi connectivity index (χ4v) is 7.65. The molecule has 0 fully saturated rings. The first kappa shape index (κ1) is 45.2. The molecule has 1 aromatic heterocycles. The van der Waals surface area contributed by atoms with Crippen LogP contribution in [-0.2, 0) is 19.4 Å². The summed E-state index contributed by atoms with van der Waals surface area (Å²) >= 11 is 0. The van der Waals surface area contributed by atoms with Crippen LogP contribution >= 0.6 is 0 Å². The molecule has 0 radical (unpaired) electrons. The molecule has 0 unspecified atom stereocenters. The Morgan fingerprint density at radius 2 is 0.521 bits per heavy atom. The minimum atomic E-state index is 1.21. The first-order chi connectivity index (χ1) is 23.8. The lowest BCUT2D eigenvalue weighted by Gasteiger charge is -2.07. The van der Waals surface area contributed by atoms with Crippen LogP contribution in [0.2, 0.25) is 0 Å². The standard InChI is InChI=1S/C47H90N/c1-4-7-10-13-16-18-20-22-24-26-28-30-32-34-37-40-46-43-47(45-48(44-46)42-39-36-15-12-9-6-3)41-38-35-33-31-29-27-25-23-21-19-17-14-11-8-5-2/h43-45H,4-42H2,1-3H3/q+1. The first-order valence-electron chi connectivity index (χ1n) is 22.8. The molecule has 0 saturated carbocycles. The minimum absolute atomic E-state index is 1.21. The average Bonchev–Trinajstić information content (AvgIpc) is 3.09. The maximum atomic E-state index is 2.57. The van der Waals surface area contributed by atoms with Crippen LogP contribution in [0.4, 0.5) is 0 Å². The quantitative estimate of drug-likeness (QED) is 0.0485. The van der Waals surface area contributed by atoms with Crippen LogP contribution < -0.4 is 4.57 Å². The van der Waals surface area contributed by atoms with E-state index < -0.39 is 0 Å². The van der Waals surface area contributed by atoms with Gasteiger partial charge in [-0.2, -0.15) is 0 Å². The third-order valence-corrected chi connectivity index (χ3v) is 10.9. The molecule has 0 aliphatic rings. The van der Waals surface area contributed by atoms with Crippen molar-refractivity contribution in [2.45, 2.75) is 271 Å². The highest BCUT2D eigenvalue weighted by Crippen LogP contribution is 2.17. The summed E-state index contributed by atoms with van der Waals surface area (Å²) in [5, 5.41) is 0. The van der Waals surface area contributed by atoms with Crippen molar-refractivity contribution < 1.29 is 4.57 Å². The molecular weight excluding hydrogens is 579 g/mol. The molecule has 1 heterocycles. The van der Waals surface area contributed by atoms with E-state index in [0.717, 1.165) is 0 Å². The number of unbranched alkanes of at least 4 members (excludes halogenated alkanes) is 33. The van der Waals surface area contributed by atoms with Gasteiger partial charge in [0.15, 0.2) is 12.4 Å². The second kappa shape index (κ2) is 37.4. The van der Waals surface area contributed by atoms with E-state index in [9.17, 15) is 0 Å². The van der Waals surface area contributed by atoms with E-state index in [1.807, 2.05) is 0 Å². The average molecular weight is 669 g/mol. The van der Waals surface area contributed by atoms with Gasteiger partial charge in [-0.3, -0.25) is 0 Å². The van der Waals surface area contributed by atoms with E-state index >= 15 is 0 Å². The second-order valence-corrected chi connectivity index (χ2v) is 16.0. The molecule has 1 rings (SSSR count). The summed E-state index contributed by atoms with van der Waals surface area (Å²) in [6.45, 7) is 8.16. The Balaban J connectivity index is 2.21. The zero-order chi connectivity index (χ0) is 34.4. The van der Waals surface area contributed by atoms with Crippen molar-refractivity contribution in [3.63, 3.8) is 0 Å². The first-order valence-corrected chi connectivity index (χ1v) is 22.8. The van der Waals surface area contributed by atoms with Crippen LogP contribution in [0.5, 0.6) is 0 Å². The van der Waals surface area contributed by atoms with Gasteiger partial charge in [0, 0.05) is 17.5 Å². The zero-order valence-corrected chi connectivity index (χ0v) is 33.8. The minimum Gasteiger partial charge on any atom is -0.205 e. The second-order valence-electron chi connectivity index (χ2n) is 16.0. The molecule has 1 aromatic rings. The van der Waals surface area contributed by atoms with Crippen LogP contribution in [0, 0.1) is 0 Å². The van der Waals surface area contributed by atoms with E-state index in [1.165, 1.54) is 251 Å². The predicted octanol–water partition coefficient (Wildman–Crippen LogP) is 16.2. The van der Waals surface area contributed by atoms with Crippen LogP contribution in [0.1, 0.15) is 263 Å². The van der Waals surface area contributed by atoms with Crippen LogP contribution in [-0.4, -0.2) is 0 Å². The summed E-state index contributed by atoms with van der Waals surface area (Å²) in [6.07, 6.45) is 59.3. The van der Waals surface area contributed by atoms with Gasteiger partial charge in [0.1, 0.15) is 6.54 Å². The monoisotopic (exact) mass is 669 g/mol. The van der Waals surface area contributed by atoms with Gasteiger partial charge in [-0.1, -0.05) is 226 Å². The Morgan fingerprint density at radius 3 is 0.792 bits per heavy atom. The van der Waals surface area contributed by atoms with Crippen LogP contribution in [0.3, 0.4) is 0 Å².